The molecule has 0 aromatic carbocycles. The monoisotopic (exact) mass is 216 g/mol. The van der Waals surface area contributed by atoms with E-state index in [0.717, 1.165) is 0 Å². The number of carbonyl (C=O) groups is 2. The van der Waals surface area contributed by atoms with Gasteiger partial charge in [-0.3, -0.25) is 9.59 Å². The molecular weight excluding hydrogens is 200 g/mol. The first-order chi connectivity index (χ1) is 6.96. The molecule has 1 aliphatic carbocycles. The van der Waals surface area contributed by atoms with Gasteiger partial charge in [-0.1, -0.05) is 0 Å². The topological polar surface area (TPSA) is 61.8 Å². The van der Waals surface area contributed by atoms with E-state index in [0.29, 0.717) is 0 Å². The molecule has 0 spiro atoms. The van der Waals surface area contributed by atoms with Crippen molar-refractivity contribution >= 4 is 11.8 Å². The molecule has 5 nitrogen and oxygen atoms in total. The van der Waals surface area contributed by atoms with E-state index in [1.165, 1.54) is 28.3 Å². The SMILES string of the molecule is COC(=O)C1(C(C)=O)CC(OC)(OC)C1. The third-order valence-electron chi connectivity index (χ3n) is 3.14. The highest BCUT2D eigenvalue weighted by Crippen LogP contribution is 2.52. The maximum absolute atomic E-state index is 11.5. The van der Waals surface area contributed by atoms with Crippen LogP contribution in [0.15, 0.2) is 0 Å². The van der Waals surface area contributed by atoms with E-state index in [1.807, 2.05) is 0 Å². The second-order valence-electron chi connectivity index (χ2n) is 3.80. The third kappa shape index (κ3) is 1.66. The third-order valence-corrected chi connectivity index (χ3v) is 3.14. The maximum Gasteiger partial charge on any atom is 0.319 e. The zero-order valence-electron chi connectivity index (χ0n) is 9.46. The van der Waals surface area contributed by atoms with Crippen molar-refractivity contribution in [3.8, 4) is 0 Å². The van der Waals surface area contributed by atoms with Crippen molar-refractivity contribution in [2.45, 2.75) is 25.6 Å². The second kappa shape index (κ2) is 3.90. The van der Waals surface area contributed by atoms with Crippen LogP contribution in [0.25, 0.3) is 0 Å². The summed E-state index contributed by atoms with van der Waals surface area (Å²) in [7, 11) is 4.25. The van der Waals surface area contributed by atoms with Gasteiger partial charge in [-0.15, -0.1) is 0 Å². The van der Waals surface area contributed by atoms with Crippen molar-refractivity contribution in [3.63, 3.8) is 0 Å². The van der Waals surface area contributed by atoms with Crippen molar-refractivity contribution in [2.24, 2.45) is 5.41 Å². The van der Waals surface area contributed by atoms with Crippen LogP contribution in [0, 0.1) is 5.41 Å². The van der Waals surface area contributed by atoms with Crippen LogP contribution in [0.5, 0.6) is 0 Å². The molecular formula is C10H16O5. The molecule has 0 amide bonds. The van der Waals surface area contributed by atoms with Crippen LogP contribution in [0.1, 0.15) is 19.8 Å². The quantitative estimate of drug-likeness (QED) is 0.389. The Morgan fingerprint density at radius 3 is 1.80 bits per heavy atom. The van der Waals surface area contributed by atoms with Gasteiger partial charge in [-0.2, -0.15) is 0 Å². The molecule has 0 saturated heterocycles. The Bertz CT molecular complexity index is 272. The van der Waals surface area contributed by atoms with Gasteiger partial charge in [0, 0.05) is 27.1 Å². The van der Waals surface area contributed by atoms with Crippen molar-refractivity contribution in [1.82, 2.24) is 0 Å². The lowest BCUT2D eigenvalue weighted by atomic mass is 9.62. The maximum atomic E-state index is 11.5. The number of esters is 1. The van der Waals surface area contributed by atoms with Crippen LogP contribution in [-0.4, -0.2) is 38.9 Å². The highest BCUT2D eigenvalue weighted by molar-refractivity contribution is 6.04. The van der Waals surface area contributed by atoms with Crippen LogP contribution in [0.2, 0.25) is 0 Å². The first kappa shape index (κ1) is 12.1. The summed E-state index contributed by atoms with van der Waals surface area (Å²) in [5.74, 6) is -1.54. The normalized spacial score (nSPS) is 21.6. The van der Waals surface area contributed by atoms with Crippen LogP contribution in [-0.2, 0) is 23.8 Å². The smallest absolute Gasteiger partial charge is 0.319 e. The Morgan fingerprint density at radius 1 is 1.07 bits per heavy atom. The summed E-state index contributed by atoms with van der Waals surface area (Å²) in [5.41, 5.74) is -1.08. The summed E-state index contributed by atoms with van der Waals surface area (Å²) in [6, 6.07) is 0. The van der Waals surface area contributed by atoms with Gasteiger partial charge in [-0.25, -0.2) is 0 Å². The molecule has 0 aliphatic heterocycles. The number of carbonyl (C=O) groups excluding carboxylic acids is 2. The number of Topliss-reactive ketones (excluding diaryl/α,β-unsaturated/α-hetero) is 1. The average molecular weight is 216 g/mol. The molecule has 0 bridgehead atoms. The fourth-order valence-electron chi connectivity index (χ4n) is 1.97. The Labute approximate surface area is 88.7 Å². The highest BCUT2D eigenvalue weighted by Gasteiger charge is 2.64. The standard InChI is InChI=1S/C10H16O5/c1-7(11)9(8(12)13-2)5-10(6-9,14-3)15-4/h5-6H2,1-4H3. The van der Waals surface area contributed by atoms with Gasteiger partial charge in [0.25, 0.3) is 0 Å². The minimum absolute atomic E-state index is 0.209. The zero-order valence-corrected chi connectivity index (χ0v) is 9.46. The van der Waals surface area contributed by atoms with E-state index in [1.54, 1.807) is 0 Å². The van der Waals surface area contributed by atoms with Gasteiger partial charge in [0.15, 0.2) is 5.79 Å². The average Bonchev–Trinajstić information content (AvgIpc) is 2.17. The van der Waals surface area contributed by atoms with Gasteiger partial charge in [-0.05, 0) is 6.92 Å². The molecule has 0 heterocycles. The molecule has 0 unspecified atom stereocenters. The largest absolute Gasteiger partial charge is 0.468 e. The van der Waals surface area contributed by atoms with E-state index < -0.39 is 17.2 Å². The number of methoxy groups -OCH3 is 3. The Hall–Kier alpha value is -0.940. The fraction of sp³-hybridized carbons (Fsp3) is 0.800. The van der Waals surface area contributed by atoms with Crippen molar-refractivity contribution in [3.05, 3.63) is 0 Å². The minimum atomic E-state index is -1.08. The predicted molar refractivity (Wildman–Crippen MR) is 51.1 cm³/mol. The molecule has 0 aromatic rings. The molecule has 5 heteroatoms. The molecule has 86 valence electrons. The van der Waals surface area contributed by atoms with Crippen molar-refractivity contribution < 1.29 is 23.8 Å². The Kier molecular flexibility index (Phi) is 3.16. The van der Waals surface area contributed by atoms with E-state index in [-0.39, 0.29) is 18.6 Å². The number of ether oxygens (including phenoxy) is 3. The molecule has 1 saturated carbocycles. The summed E-state index contributed by atoms with van der Waals surface area (Å²) in [6.45, 7) is 1.38. The van der Waals surface area contributed by atoms with E-state index in [2.05, 4.69) is 4.74 Å². The van der Waals surface area contributed by atoms with Gasteiger partial charge in [0.05, 0.1) is 7.11 Å². The van der Waals surface area contributed by atoms with Gasteiger partial charge < -0.3 is 14.2 Å². The zero-order chi connectivity index (χ0) is 11.7. The number of ketones is 1. The van der Waals surface area contributed by atoms with Crippen LogP contribution < -0.4 is 0 Å². The van der Waals surface area contributed by atoms with Crippen LogP contribution >= 0.6 is 0 Å². The molecule has 0 N–H and O–H groups in total. The minimum Gasteiger partial charge on any atom is -0.468 e. The van der Waals surface area contributed by atoms with Crippen molar-refractivity contribution in [1.29, 1.82) is 0 Å². The summed E-state index contributed by atoms with van der Waals surface area (Å²) in [6.07, 6.45) is 0.435. The lowest BCUT2D eigenvalue weighted by Gasteiger charge is -2.50. The first-order valence-electron chi connectivity index (χ1n) is 4.66. The second-order valence-corrected chi connectivity index (χ2v) is 3.80. The number of rotatable bonds is 4. The first-order valence-corrected chi connectivity index (χ1v) is 4.66. The summed E-state index contributed by atoms with van der Waals surface area (Å²) < 4.78 is 14.9. The number of hydrogen-bond donors (Lipinski definition) is 0. The molecule has 1 rings (SSSR count). The summed E-state index contributed by atoms with van der Waals surface area (Å²) in [5, 5.41) is 0. The highest BCUT2D eigenvalue weighted by atomic mass is 16.7. The lowest BCUT2D eigenvalue weighted by Crippen LogP contribution is -2.61. The molecule has 0 radical (unpaired) electrons. The van der Waals surface area contributed by atoms with Gasteiger partial charge >= 0.3 is 5.97 Å². The van der Waals surface area contributed by atoms with E-state index in [4.69, 9.17) is 9.47 Å². The molecule has 0 atom stereocenters. The predicted octanol–water partition coefficient (Wildman–Crippen LogP) is 0.518. The van der Waals surface area contributed by atoms with Crippen LogP contribution in [0.4, 0.5) is 0 Å². The molecule has 15 heavy (non-hydrogen) atoms. The number of hydrogen-bond acceptors (Lipinski definition) is 5. The Balaban J connectivity index is 2.85. The summed E-state index contributed by atoms with van der Waals surface area (Å²) in [4.78, 5) is 23.0. The lowest BCUT2D eigenvalue weighted by molar-refractivity contribution is -0.288. The van der Waals surface area contributed by atoms with E-state index >= 15 is 0 Å². The molecule has 0 aromatic heterocycles. The van der Waals surface area contributed by atoms with E-state index in [9.17, 15) is 9.59 Å². The van der Waals surface area contributed by atoms with Crippen LogP contribution in [0.3, 0.4) is 0 Å². The molecule has 1 fully saturated rings. The Morgan fingerprint density at radius 2 is 1.53 bits per heavy atom. The summed E-state index contributed by atoms with van der Waals surface area (Å²) >= 11 is 0. The molecule has 1 aliphatic rings. The fourth-order valence-corrected chi connectivity index (χ4v) is 1.97. The van der Waals surface area contributed by atoms with Gasteiger partial charge in [0.1, 0.15) is 11.2 Å². The van der Waals surface area contributed by atoms with Gasteiger partial charge in [0.2, 0.25) is 0 Å². The van der Waals surface area contributed by atoms with Crippen molar-refractivity contribution in [2.75, 3.05) is 21.3 Å².